The lowest BCUT2D eigenvalue weighted by Crippen LogP contribution is -2.12. The summed E-state index contributed by atoms with van der Waals surface area (Å²) in [5.41, 5.74) is 0.574. The van der Waals surface area contributed by atoms with Crippen molar-refractivity contribution in [3.05, 3.63) is 11.8 Å². The second-order valence-electron chi connectivity index (χ2n) is 3.24. The van der Waals surface area contributed by atoms with Crippen LogP contribution in [0.4, 0.5) is 0 Å². The van der Waals surface area contributed by atoms with Gasteiger partial charge in [0.05, 0.1) is 0 Å². The van der Waals surface area contributed by atoms with Crippen LogP contribution in [-0.4, -0.2) is 28.3 Å². The Bertz CT molecular complexity index is 373. The molecule has 5 heteroatoms. The van der Waals surface area contributed by atoms with Crippen LogP contribution in [0.25, 0.3) is 0 Å². The van der Waals surface area contributed by atoms with Gasteiger partial charge >= 0.3 is 0 Å². The van der Waals surface area contributed by atoms with E-state index in [-0.39, 0.29) is 23.4 Å². The van der Waals surface area contributed by atoms with E-state index >= 15 is 0 Å². The Labute approximate surface area is 86.7 Å². The summed E-state index contributed by atoms with van der Waals surface area (Å²) in [4.78, 5) is 42.0. The molecule has 0 radical (unpaired) electrons. The molecule has 0 saturated carbocycles. The van der Waals surface area contributed by atoms with E-state index in [1.54, 1.807) is 0 Å². The number of amides is 2. The van der Waals surface area contributed by atoms with E-state index in [1.807, 2.05) is 6.92 Å². The summed E-state index contributed by atoms with van der Waals surface area (Å²) in [6.45, 7) is 3.18. The number of hydrogen-bond acceptors (Lipinski definition) is 4. The normalized spacial score (nSPS) is 15.6. The smallest absolute Gasteiger partial charge is 0.282 e. The zero-order valence-corrected chi connectivity index (χ0v) is 8.57. The van der Waals surface area contributed by atoms with Gasteiger partial charge in [0, 0.05) is 19.4 Å². The van der Waals surface area contributed by atoms with Crippen LogP contribution in [0.1, 0.15) is 26.7 Å². The Morgan fingerprint density at radius 1 is 1.33 bits per heavy atom. The fourth-order valence-electron chi connectivity index (χ4n) is 1.03. The van der Waals surface area contributed by atoms with Crippen molar-refractivity contribution in [1.29, 1.82) is 0 Å². The van der Waals surface area contributed by atoms with Crippen molar-refractivity contribution >= 4 is 23.4 Å². The lowest BCUT2D eigenvalue weighted by molar-refractivity contribution is -0.135. The first-order chi connectivity index (χ1) is 6.99. The Balaban J connectivity index is 0.000000150. The molecule has 1 saturated heterocycles. The highest BCUT2D eigenvalue weighted by Gasteiger charge is 2.52. The fraction of sp³-hybridized carbons (Fsp3) is 0.400. The molecule has 0 bridgehead atoms. The molecule has 80 valence electrons. The van der Waals surface area contributed by atoms with Gasteiger partial charge in [-0.15, -0.1) is 0 Å². The van der Waals surface area contributed by atoms with Crippen molar-refractivity contribution in [3.63, 3.8) is 0 Å². The third-order valence-corrected chi connectivity index (χ3v) is 1.96. The van der Waals surface area contributed by atoms with E-state index in [9.17, 15) is 19.2 Å². The average molecular weight is 209 g/mol. The molecule has 0 aromatic rings. The van der Waals surface area contributed by atoms with E-state index in [1.165, 1.54) is 13.0 Å². The Hall–Kier alpha value is -1.78. The van der Waals surface area contributed by atoms with Crippen molar-refractivity contribution in [2.24, 2.45) is 0 Å². The largest absolute Gasteiger partial charge is 0.291 e. The molecule has 0 spiro atoms. The predicted molar refractivity (Wildman–Crippen MR) is 50.5 cm³/mol. The molecular weight excluding hydrogens is 198 g/mol. The van der Waals surface area contributed by atoms with E-state index in [0.29, 0.717) is 12.1 Å². The molecule has 0 unspecified atom stereocenters. The molecule has 2 heterocycles. The quantitative estimate of drug-likeness (QED) is 0.378. The van der Waals surface area contributed by atoms with E-state index in [0.717, 1.165) is 11.3 Å². The van der Waals surface area contributed by atoms with E-state index in [2.05, 4.69) is 0 Å². The first kappa shape index (κ1) is 11.3. The summed E-state index contributed by atoms with van der Waals surface area (Å²) in [6, 6.07) is 0. The summed E-state index contributed by atoms with van der Waals surface area (Å²) >= 11 is 0. The van der Waals surface area contributed by atoms with Gasteiger partial charge in [-0.2, -0.15) is 0 Å². The van der Waals surface area contributed by atoms with Gasteiger partial charge in [-0.1, -0.05) is 6.92 Å². The molecule has 2 rings (SSSR count). The summed E-state index contributed by atoms with van der Waals surface area (Å²) < 4.78 is 0. The molecule has 0 N–H and O–H groups in total. The van der Waals surface area contributed by atoms with Crippen LogP contribution in [0.3, 0.4) is 0 Å². The molecule has 1 fully saturated rings. The summed E-state index contributed by atoms with van der Waals surface area (Å²) in [5.74, 6) is -0.871. The maximum atomic E-state index is 10.4. The highest BCUT2D eigenvalue weighted by Crippen LogP contribution is 2.33. The first-order valence-corrected chi connectivity index (χ1v) is 4.63. The minimum Gasteiger partial charge on any atom is -0.291 e. The van der Waals surface area contributed by atoms with Gasteiger partial charge in [0.1, 0.15) is 5.70 Å². The van der Waals surface area contributed by atoms with E-state index in [4.69, 9.17) is 0 Å². The number of nitrogens with zero attached hydrogens (tertiary/aromatic N) is 1. The van der Waals surface area contributed by atoms with Crippen LogP contribution in [0.5, 0.6) is 0 Å². The van der Waals surface area contributed by atoms with Crippen LogP contribution in [-0.2, 0) is 19.2 Å². The molecule has 5 nitrogen and oxygen atoms in total. The zero-order chi connectivity index (χ0) is 11.6. The maximum absolute atomic E-state index is 10.4. The molecule has 0 aromatic heterocycles. The highest BCUT2D eigenvalue weighted by atomic mass is 16.2. The van der Waals surface area contributed by atoms with Gasteiger partial charge in [-0.05, 0) is 6.42 Å². The van der Waals surface area contributed by atoms with Crippen LogP contribution < -0.4 is 0 Å². The van der Waals surface area contributed by atoms with Crippen LogP contribution in [0.2, 0.25) is 0 Å². The highest BCUT2D eigenvalue weighted by molar-refractivity contribution is 6.36. The molecular formula is C10H11NO4. The van der Waals surface area contributed by atoms with Crippen molar-refractivity contribution < 1.29 is 19.2 Å². The van der Waals surface area contributed by atoms with Crippen molar-refractivity contribution in [1.82, 2.24) is 4.90 Å². The van der Waals surface area contributed by atoms with Gasteiger partial charge in [0.15, 0.2) is 11.6 Å². The third kappa shape index (κ3) is 2.37. The number of imide groups is 1. The van der Waals surface area contributed by atoms with Gasteiger partial charge in [-0.3, -0.25) is 19.2 Å². The molecule has 15 heavy (non-hydrogen) atoms. The molecule has 0 aromatic carbocycles. The monoisotopic (exact) mass is 209 g/mol. The second-order valence-corrected chi connectivity index (χ2v) is 3.24. The summed E-state index contributed by atoms with van der Waals surface area (Å²) in [7, 11) is 0. The maximum Gasteiger partial charge on any atom is 0.282 e. The van der Waals surface area contributed by atoms with E-state index < -0.39 is 0 Å². The SMILES string of the molecule is CCCC(=O)C(C)=O.O=C1C=C2C(=O)N12. The third-order valence-electron chi connectivity index (χ3n) is 1.96. The van der Waals surface area contributed by atoms with Crippen molar-refractivity contribution in [3.8, 4) is 0 Å². The van der Waals surface area contributed by atoms with Crippen LogP contribution >= 0.6 is 0 Å². The number of fused-ring (bicyclic) bond motifs is 1. The predicted octanol–water partition coefficient (Wildman–Crippen LogP) is 0.197. The zero-order valence-electron chi connectivity index (χ0n) is 8.57. The topological polar surface area (TPSA) is 71.3 Å². The Morgan fingerprint density at radius 2 is 1.93 bits per heavy atom. The van der Waals surface area contributed by atoms with Gasteiger partial charge < -0.3 is 0 Å². The molecule has 2 aliphatic rings. The number of rotatable bonds is 3. The lowest BCUT2D eigenvalue weighted by Gasteiger charge is -1.93. The molecule has 0 aliphatic carbocycles. The summed E-state index contributed by atoms with van der Waals surface area (Å²) in [5, 5.41) is 0. The summed E-state index contributed by atoms with van der Waals surface area (Å²) in [6.07, 6.45) is 2.50. The minimum absolute atomic E-state index is 0.120. The standard InChI is InChI=1S/C6H10O2.C4HNO2/c1-3-4-6(8)5(2)7;6-3-1-2-4(7)5(2)3/h3-4H2,1-2H3;1H. The Kier molecular flexibility index (Phi) is 3.14. The first-order valence-electron chi connectivity index (χ1n) is 4.63. The van der Waals surface area contributed by atoms with Crippen molar-refractivity contribution in [2.75, 3.05) is 0 Å². The van der Waals surface area contributed by atoms with Gasteiger partial charge in [0.2, 0.25) is 0 Å². The Morgan fingerprint density at radius 3 is 2.00 bits per heavy atom. The van der Waals surface area contributed by atoms with Crippen LogP contribution in [0, 0.1) is 0 Å². The van der Waals surface area contributed by atoms with Gasteiger partial charge in [0.25, 0.3) is 11.8 Å². The molecule has 2 aliphatic heterocycles. The number of Topliss-reactive ketones (excluding diaryl/α,β-unsaturated/α-hetero) is 2. The molecule has 2 amide bonds. The minimum atomic E-state index is -0.327. The fourth-order valence-corrected chi connectivity index (χ4v) is 1.03. The average Bonchev–Trinajstić information content (AvgIpc) is 2.69. The number of hydrogen-bond donors (Lipinski definition) is 0. The number of carbonyl (C=O) groups is 4. The van der Waals surface area contributed by atoms with Crippen molar-refractivity contribution in [2.45, 2.75) is 26.7 Å². The van der Waals surface area contributed by atoms with Gasteiger partial charge in [-0.25, -0.2) is 4.90 Å². The lowest BCUT2D eigenvalue weighted by atomic mass is 10.2. The second kappa shape index (κ2) is 4.16. The molecule has 0 atom stereocenters. The number of carbonyl (C=O) groups excluding carboxylic acids is 4. The van der Waals surface area contributed by atoms with Crippen LogP contribution in [0.15, 0.2) is 11.8 Å². The number of ketones is 2.